The molecule has 2 heterocycles. The third-order valence-corrected chi connectivity index (χ3v) is 4.89. The molecular formula is C20H21F4N2O3+. The number of anilines is 1. The fourth-order valence-corrected chi connectivity index (χ4v) is 3.22. The number of pyridine rings is 1. The lowest BCUT2D eigenvalue weighted by atomic mass is 9.97. The van der Waals surface area contributed by atoms with E-state index >= 15 is 0 Å². The van der Waals surface area contributed by atoms with Gasteiger partial charge in [0.05, 0.1) is 31.7 Å². The van der Waals surface area contributed by atoms with Crippen molar-refractivity contribution in [2.45, 2.75) is 25.6 Å². The highest BCUT2D eigenvalue weighted by molar-refractivity contribution is 5.72. The van der Waals surface area contributed by atoms with Gasteiger partial charge in [0.25, 0.3) is 5.82 Å². The van der Waals surface area contributed by atoms with Gasteiger partial charge in [-0.3, -0.25) is 9.69 Å². The van der Waals surface area contributed by atoms with Gasteiger partial charge < -0.3 is 9.47 Å². The fraction of sp³-hybridized carbons (Fsp3) is 0.400. The van der Waals surface area contributed by atoms with E-state index in [-0.39, 0.29) is 24.2 Å². The Morgan fingerprint density at radius 3 is 2.48 bits per heavy atom. The predicted octanol–water partition coefficient (Wildman–Crippen LogP) is 3.63. The zero-order valence-corrected chi connectivity index (χ0v) is 15.8. The summed E-state index contributed by atoms with van der Waals surface area (Å²) in [6.07, 6.45) is -2.42. The van der Waals surface area contributed by atoms with Crippen molar-refractivity contribution in [2.75, 3.05) is 25.1 Å². The number of H-pyrrole nitrogens is 1. The van der Waals surface area contributed by atoms with E-state index in [0.29, 0.717) is 37.3 Å². The van der Waals surface area contributed by atoms with Gasteiger partial charge in [0.1, 0.15) is 12.8 Å². The lowest BCUT2D eigenvalue weighted by Crippen LogP contribution is -2.39. The molecule has 2 aromatic rings. The lowest BCUT2D eigenvalue weighted by molar-refractivity contribution is -0.367. The highest BCUT2D eigenvalue weighted by atomic mass is 19.4. The number of nitrogens with zero attached hydrogens (tertiary/aromatic N) is 1. The number of benzene rings is 1. The van der Waals surface area contributed by atoms with Crippen LogP contribution in [-0.2, 0) is 22.3 Å². The SMILES string of the molecule is COc1ccc(COC(=O)C2CCN(c3ccc(C(F)(F)F)c[nH+]3)CC2)cc1F. The molecule has 156 valence electrons. The van der Waals surface area contributed by atoms with Crippen molar-refractivity contribution >= 4 is 11.8 Å². The molecule has 1 aliphatic rings. The van der Waals surface area contributed by atoms with Crippen LogP contribution in [0.4, 0.5) is 23.4 Å². The molecule has 0 radical (unpaired) electrons. The van der Waals surface area contributed by atoms with E-state index in [9.17, 15) is 22.4 Å². The number of aromatic nitrogens is 1. The summed E-state index contributed by atoms with van der Waals surface area (Å²) in [7, 11) is 1.37. The van der Waals surface area contributed by atoms with Crippen LogP contribution in [0.15, 0.2) is 36.5 Å². The number of rotatable bonds is 5. The normalized spacial score (nSPS) is 15.3. The number of hydrogen-bond acceptors (Lipinski definition) is 4. The zero-order valence-electron chi connectivity index (χ0n) is 15.8. The number of nitrogens with one attached hydrogen (secondary N) is 1. The maximum Gasteiger partial charge on any atom is 0.419 e. The first-order valence-corrected chi connectivity index (χ1v) is 9.11. The molecule has 3 rings (SSSR count). The summed E-state index contributed by atoms with van der Waals surface area (Å²) < 4.78 is 61.8. The van der Waals surface area contributed by atoms with Crippen LogP contribution < -0.4 is 14.6 Å². The molecule has 1 aliphatic heterocycles. The molecule has 0 saturated carbocycles. The second kappa shape index (κ2) is 8.67. The van der Waals surface area contributed by atoms with Gasteiger partial charge in [0.2, 0.25) is 0 Å². The average molecular weight is 413 g/mol. The van der Waals surface area contributed by atoms with Crippen LogP contribution in [0, 0.1) is 11.7 Å². The van der Waals surface area contributed by atoms with Crippen LogP contribution in [-0.4, -0.2) is 26.2 Å². The number of methoxy groups -OCH3 is 1. The molecular weight excluding hydrogens is 392 g/mol. The summed E-state index contributed by atoms with van der Waals surface area (Å²) in [6.45, 7) is 0.990. The van der Waals surface area contributed by atoms with Crippen molar-refractivity contribution in [3.8, 4) is 5.75 Å². The van der Waals surface area contributed by atoms with Gasteiger partial charge in [-0.05, 0) is 36.6 Å². The molecule has 0 amide bonds. The van der Waals surface area contributed by atoms with Crippen molar-refractivity contribution in [3.05, 3.63) is 53.5 Å². The Bertz CT molecular complexity index is 848. The predicted molar refractivity (Wildman–Crippen MR) is 95.7 cm³/mol. The maximum absolute atomic E-state index is 13.7. The number of alkyl halides is 3. The van der Waals surface area contributed by atoms with E-state index in [1.165, 1.54) is 25.3 Å². The average Bonchev–Trinajstić information content (AvgIpc) is 2.71. The number of hydrogen-bond donors (Lipinski definition) is 0. The van der Waals surface area contributed by atoms with Crippen LogP contribution in [0.5, 0.6) is 5.75 Å². The second-order valence-corrected chi connectivity index (χ2v) is 6.80. The Morgan fingerprint density at radius 2 is 1.93 bits per heavy atom. The van der Waals surface area contributed by atoms with E-state index in [0.717, 1.165) is 12.3 Å². The highest BCUT2D eigenvalue weighted by Crippen LogP contribution is 2.29. The van der Waals surface area contributed by atoms with Crippen LogP contribution in [0.25, 0.3) is 0 Å². The van der Waals surface area contributed by atoms with E-state index < -0.39 is 17.6 Å². The van der Waals surface area contributed by atoms with Crippen molar-refractivity contribution in [1.82, 2.24) is 0 Å². The molecule has 0 aliphatic carbocycles. The Kier molecular flexibility index (Phi) is 6.24. The van der Waals surface area contributed by atoms with Gasteiger partial charge in [-0.25, -0.2) is 9.37 Å². The Balaban J connectivity index is 1.50. The van der Waals surface area contributed by atoms with Gasteiger partial charge in [-0.1, -0.05) is 6.07 Å². The number of esters is 1. The zero-order chi connectivity index (χ0) is 21.0. The molecule has 1 N–H and O–H groups in total. The molecule has 0 bridgehead atoms. The first-order valence-electron chi connectivity index (χ1n) is 9.11. The van der Waals surface area contributed by atoms with Gasteiger partial charge >= 0.3 is 12.1 Å². The molecule has 1 aromatic carbocycles. The summed E-state index contributed by atoms with van der Waals surface area (Å²) >= 11 is 0. The van der Waals surface area contributed by atoms with Crippen molar-refractivity contribution in [1.29, 1.82) is 0 Å². The fourth-order valence-electron chi connectivity index (χ4n) is 3.22. The van der Waals surface area contributed by atoms with Gasteiger partial charge in [0, 0.05) is 6.07 Å². The third kappa shape index (κ3) is 5.16. The van der Waals surface area contributed by atoms with Gasteiger partial charge in [-0.15, -0.1) is 0 Å². The summed E-state index contributed by atoms with van der Waals surface area (Å²) in [5.41, 5.74) is -0.219. The minimum Gasteiger partial charge on any atom is -0.494 e. The molecule has 1 saturated heterocycles. The summed E-state index contributed by atoms with van der Waals surface area (Å²) in [5, 5.41) is 0. The number of aromatic amines is 1. The van der Waals surface area contributed by atoms with E-state index in [4.69, 9.17) is 9.47 Å². The van der Waals surface area contributed by atoms with Crippen LogP contribution in [0.1, 0.15) is 24.0 Å². The van der Waals surface area contributed by atoms with Gasteiger partial charge in [0.15, 0.2) is 11.6 Å². The number of halogens is 4. The topological polar surface area (TPSA) is 52.9 Å². The smallest absolute Gasteiger partial charge is 0.419 e. The van der Waals surface area contributed by atoms with Gasteiger partial charge in [-0.2, -0.15) is 13.2 Å². The first kappa shape index (κ1) is 20.9. The summed E-state index contributed by atoms with van der Waals surface area (Å²) in [5.74, 6) is -0.505. The number of piperidine rings is 1. The molecule has 1 aromatic heterocycles. The van der Waals surface area contributed by atoms with Crippen molar-refractivity contribution in [3.63, 3.8) is 0 Å². The molecule has 0 spiro atoms. The standard InChI is InChI=1S/C20H20F4N2O3/c1-28-17-4-2-13(10-16(17)21)12-29-19(27)14-6-8-26(9-7-14)18-5-3-15(11-25-18)20(22,23)24/h2-5,10-11,14H,6-9,12H2,1H3/p+1. The number of carbonyl (C=O) groups is 1. The minimum absolute atomic E-state index is 0.0351. The van der Waals surface area contributed by atoms with Crippen LogP contribution in [0.3, 0.4) is 0 Å². The van der Waals surface area contributed by atoms with E-state index in [1.807, 2.05) is 4.90 Å². The monoisotopic (exact) mass is 413 g/mol. The Labute approximate surface area is 165 Å². The highest BCUT2D eigenvalue weighted by Gasteiger charge is 2.34. The maximum atomic E-state index is 13.7. The molecule has 1 fully saturated rings. The molecule has 29 heavy (non-hydrogen) atoms. The van der Waals surface area contributed by atoms with E-state index in [1.54, 1.807) is 6.07 Å². The lowest BCUT2D eigenvalue weighted by Gasteiger charge is -2.26. The number of carbonyl (C=O) groups excluding carboxylic acids is 1. The molecule has 0 unspecified atom stereocenters. The number of ether oxygens (including phenoxy) is 2. The minimum atomic E-state index is -4.39. The molecule has 9 heteroatoms. The summed E-state index contributed by atoms with van der Waals surface area (Å²) in [4.78, 5) is 16.8. The van der Waals surface area contributed by atoms with Crippen LogP contribution in [0.2, 0.25) is 0 Å². The quantitative estimate of drug-likeness (QED) is 0.555. The Morgan fingerprint density at radius 1 is 1.21 bits per heavy atom. The molecule has 0 atom stereocenters. The first-order chi connectivity index (χ1) is 13.8. The van der Waals surface area contributed by atoms with Crippen LogP contribution >= 0.6 is 0 Å². The van der Waals surface area contributed by atoms with Crippen molar-refractivity contribution in [2.24, 2.45) is 5.92 Å². The molecule has 5 nitrogen and oxygen atoms in total. The van der Waals surface area contributed by atoms with E-state index in [2.05, 4.69) is 4.98 Å². The second-order valence-electron chi connectivity index (χ2n) is 6.80. The largest absolute Gasteiger partial charge is 0.494 e. The third-order valence-electron chi connectivity index (χ3n) is 4.89. The van der Waals surface area contributed by atoms with Crippen molar-refractivity contribution < 1.29 is 36.8 Å². The summed E-state index contributed by atoms with van der Waals surface area (Å²) in [6, 6.07) is 6.77. The Hall–Kier alpha value is -2.84.